The van der Waals surface area contributed by atoms with E-state index in [0.717, 1.165) is 0 Å². The Morgan fingerprint density at radius 2 is 1.36 bits per heavy atom. The van der Waals surface area contributed by atoms with Crippen LogP contribution >= 0.6 is 0 Å². The zero-order chi connectivity index (χ0) is 17.6. The molecule has 3 aromatic rings. The van der Waals surface area contributed by atoms with Crippen molar-refractivity contribution in [2.75, 3.05) is 0 Å². The Morgan fingerprint density at radius 1 is 0.760 bits per heavy atom. The molecular weight excluding hydrogens is 312 g/mol. The van der Waals surface area contributed by atoms with Crippen LogP contribution in [0.5, 0.6) is 11.5 Å². The van der Waals surface area contributed by atoms with Gasteiger partial charge in [-0.1, -0.05) is 36.4 Å². The van der Waals surface area contributed by atoms with E-state index in [2.05, 4.69) is 9.98 Å². The Hall–Kier alpha value is -3.40. The van der Waals surface area contributed by atoms with Crippen molar-refractivity contribution in [3.63, 3.8) is 0 Å². The number of phenolic OH excluding ortho intramolecular Hbond substituents is 2. The van der Waals surface area contributed by atoms with Gasteiger partial charge in [0, 0.05) is 23.1 Å². The van der Waals surface area contributed by atoms with E-state index in [1.165, 1.54) is 0 Å². The molecule has 3 aromatic carbocycles. The second kappa shape index (κ2) is 7.45. The number of aliphatic imine (C=N–C) groups is 2. The van der Waals surface area contributed by atoms with Crippen LogP contribution in [0.1, 0.15) is 18.1 Å². The van der Waals surface area contributed by atoms with Crippen LogP contribution in [0.2, 0.25) is 0 Å². The Labute approximate surface area is 146 Å². The van der Waals surface area contributed by atoms with Gasteiger partial charge in [-0.15, -0.1) is 0 Å². The predicted molar refractivity (Wildman–Crippen MR) is 102 cm³/mol. The van der Waals surface area contributed by atoms with Crippen LogP contribution in [0.25, 0.3) is 0 Å². The maximum Gasteiger partial charge on any atom is 0.124 e. The number of aromatic hydroxyl groups is 2. The summed E-state index contributed by atoms with van der Waals surface area (Å²) in [7, 11) is 0. The summed E-state index contributed by atoms with van der Waals surface area (Å²) in [6.07, 6.45) is 1.61. The topological polar surface area (TPSA) is 65.2 Å². The number of benzene rings is 3. The second-order valence-corrected chi connectivity index (χ2v) is 5.52. The molecule has 0 aliphatic carbocycles. The van der Waals surface area contributed by atoms with Crippen molar-refractivity contribution in [1.82, 2.24) is 0 Å². The number of hydrogen-bond acceptors (Lipinski definition) is 4. The first-order valence-electron chi connectivity index (χ1n) is 7.90. The zero-order valence-electron chi connectivity index (χ0n) is 13.8. The highest BCUT2D eigenvalue weighted by Gasteiger charge is 2.05. The molecule has 0 saturated heterocycles. The van der Waals surface area contributed by atoms with Gasteiger partial charge >= 0.3 is 0 Å². The lowest BCUT2D eigenvalue weighted by molar-refractivity contribution is 0.473. The molecule has 0 aliphatic rings. The maximum atomic E-state index is 9.97. The number of nitrogens with zero attached hydrogens (tertiary/aromatic N) is 2. The minimum atomic E-state index is 0.178. The van der Waals surface area contributed by atoms with Gasteiger partial charge in [-0.2, -0.15) is 0 Å². The SMILES string of the molecule is CC(=Nc1ccccc1N=Cc1ccccc1O)c1ccccc1O. The average molecular weight is 330 g/mol. The van der Waals surface area contributed by atoms with Crippen LogP contribution < -0.4 is 0 Å². The van der Waals surface area contributed by atoms with Gasteiger partial charge in [0.15, 0.2) is 0 Å². The van der Waals surface area contributed by atoms with Crippen molar-refractivity contribution in [2.45, 2.75) is 6.92 Å². The van der Waals surface area contributed by atoms with Crippen LogP contribution in [0.4, 0.5) is 11.4 Å². The highest BCUT2D eigenvalue weighted by atomic mass is 16.3. The van der Waals surface area contributed by atoms with E-state index in [-0.39, 0.29) is 11.5 Å². The zero-order valence-corrected chi connectivity index (χ0v) is 13.8. The Balaban J connectivity index is 1.95. The third kappa shape index (κ3) is 3.93. The first-order valence-corrected chi connectivity index (χ1v) is 7.90. The number of rotatable bonds is 4. The summed E-state index contributed by atoms with van der Waals surface area (Å²) in [6, 6.07) is 21.6. The molecular formula is C21H18N2O2. The quantitative estimate of drug-likeness (QED) is 0.662. The molecule has 0 amide bonds. The summed E-state index contributed by atoms with van der Waals surface area (Å²) >= 11 is 0. The molecule has 25 heavy (non-hydrogen) atoms. The third-order valence-electron chi connectivity index (χ3n) is 3.74. The summed E-state index contributed by atoms with van der Waals surface area (Å²) in [4.78, 5) is 9.06. The first kappa shape index (κ1) is 16.5. The predicted octanol–water partition coefficient (Wildman–Crippen LogP) is 4.99. The molecule has 0 heterocycles. The number of para-hydroxylation sites is 4. The molecule has 0 fully saturated rings. The molecule has 0 unspecified atom stereocenters. The van der Waals surface area contributed by atoms with Gasteiger partial charge < -0.3 is 10.2 Å². The van der Waals surface area contributed by atoms with Crippen molar-refractivity contribution >= 4 is 23.3 Å². The molecule has 2 N–H and O–H groups in total. The molecule has 4 heteroatoms. The second-order valence-electron chi connectivity index (χ2n) is 5.52. The van der Waals surface area contributed by atoms with E-state index in [4.69, 9.17) is 0 Å². The smallest absolute Gasteiger partial charge is 0.124 e. The lowest BCUT2D eigenvalue weighted by Gasteiger charge is -2.06. The van der Waals surface area contributed by atoms with Gasteiger partial charge in [0.05, 0.1) is 11.4 Å². The molecule has 0 aromatic heterocycles. The molecule has 4 nitrogen and oxygen atoms in total. The standard InChI is InChI=1S/C21H18N2O2/c1-15(17-9-3-7-13-21(17)25)23-19-11-5-4-10-18(19)22-14-16-8-2-6-12-20(16)24/h2-14,24-25H,1H3. The lowest BCUT2D eigenvalue weighted by atomic mass is 10.1. The molecule has 124 valence electrons. The highest BCUT2D eigenvalue weighted by Crippen LogP contribution is 2.29. The van der Waals surface area contributed by atoms with Gasteiger partial charge in [0.2, 0.25) is 0 Å². The third-order valence-corrected chi connectivity index (χ3v) is 3.74. The Bertz CT molecular complexity index is 946. The van der Waals surface area contributed by atoms with Crippen LogP contribution in [-0.2, 0) is 0 Å². The molecule has 0 bridgehead atoms. The monoisotopic (exact) mass is 330 g/mol. The summed E-state index contributed by atoms with van der Waals surface area (Å²) in [5, 5.41) is 19.8. The average Bonchev–Trinajstić information content (AvgIpc) is 2.62. The first-order chi connectivity index (χ1) is 12.1. The van der Waals surface area contributed by atoms with Gasteiger partial charge in [-0.25, -0.2) is 0 Å². The van der Waals surface area contributed by atoms with Gasteiger partial charge in [-0.3, -0.25) is 9.98 Å². The molecule has 0 saturated carbocycles. The van der Waals surface area contributed by atoms with E-state index < -0.39 is 0 Å². The van der Waals surface area contributed by atoms with Gasteiger partial charge in [0.25, 0.3) is 0 Å². The van der Waals surface area contributed by atoms with Gasteiger partial charge in [-0.05, 0) is 43.3 Å². The summed E-state index contributed by atoms with van der Waals surface area (Å²) in [5.74, 6) is 0.372. The Morgan fingerprint density at radius 3 is 2.08 bits per heavy atom. The molecule has 0 atom stereocenters. The van der Waals surface area contributed by atoms with Gasteiger partial charge in [0.1, 0.15) is 11.5 Å². The van der Waals surface area contributed by atoms with E-state index in [1.54, 1.807) is 36.5 Å². The minimum absolute atomic E-state index is 0.178. The minimum Gasteiger partial charge on any atom is -0.507 e. The summed E-state index contributed by atoms with van der Waals surface area (Å²) < 4.78 is 0. The summed E-state index contributed by atoms with van der Waals surface area (Å²) in [6.45, 7) is 1.85. The Kier molecular flexibility index (Phi) is 4.90. The summed E-state index contributed by atoms with van der Waals surface area (Å²) in [5.41, 5.74) is 3.39. The number of phenols is 2. The van der Waals surface area contributed by atoms with Crippen LogP contribution in [0, 0.1) is 0 Å². The fourth-order valence-electron chi connectivity index (χ4n) is 2.42. The highest BCUT2D eigenvalue weighted by molar-refractivity contribution is 6.03. The lowest BCUT2D eigenvalue weighted by Crippen LogP contribution is -1.94. The van der Waals surface area contributed by atoms with Crippen molar-refractivity contribution in [3.8, 4) is 11.5 Å². The van der Waals surface area contributed by atoms with E-state index in [9.17, 15) is 10.2 Å². The molecule has 3 rings (SSSR count). The number of hydrogen-bond donors (Lipinski definition) is 2. The van der Waals surface area contributed by atoms with Crippen LogP contribution in [0.3, 0.4) is 0 Å². The largest absolute Gasteiger partial charge is 0.507 e. The fraction of sp³-hybridized carbons (Fsp3) is 0.0476. The molecule has 0 radical (unpaired) electrons. The van der Waals surface area contributed by atoms with E-state index in [0.29, 0.717) is 28.2 Å². The van der Waals surface area contributed by atoms with E-state index >= 15 is 0 Å². The van der Waals surface area contributed by atoms with Crippen LogP contribution in [0.15, 0.2) is 82.8 Å². The maximum absolute atomic E-state index is 9.97. The van der Waals surface area contributed by atoms with Crippen molar-refractivity contribution in [1.29, 1.82) is 0 Å². The van der Waals surface area contributed by atoms with Crippen molar-refractivity contribution < 1.29 is 10.2 Å². The van der Waals surface area contributed by atoms with Crippen molar-refractivity contribution in [3.05, 3.63) is 83.9 Å². The normalized spacial score (nSPS) is 11.8. The van der Waals surface area contributed by atoms with Crippen molar-refractivity contribution in [2.24, 2.45) is 9.98 Å². The molecule has 0 spiro atoms. The molecule has 0 aliphatic heterocycles. The fourth-order valence-corrected chi connectivity index (χ4v) is 2.42. The van der Waals surface area contributed by atoms with E-state index in [1.807, 2.05) is 49.4 Å². The van der Waals surface area contributed by atoms with Crippen LogP contribution in [-0.4, -0.2) is 22.1 Å².